The molecule has 0 saturated carbocycles. The largest absolute Gasteiger partial charge is 0.469 e. The van der Waals surface area contributed by atoms with E-state index in [4.69, 9.17) is 4.42 Å². The zero-order valence-electron chi connectivity index (χ0n) is 11.7. The zero-order chi connectivity index (χ0) is 13.8. The van der Waals surface area contributed by atoms with Crippen molar-refractivity contribution < 1.29 is 4.42 Å². The molecule has 3 rings (SSSR count). The first-order valence-electron chi connectivity index (χ1n) is 7.13. The second-order valence-electron chi connectivity index (χ2n) is 5.30. The molecule has 0 spiro atoms. The van der Waals surface area contributed by atoms with E-state index in [1.165, 1.54) is 16.5 Å². The van der Waals surface area contributed by atoms with Crippen molar-refractivity contribution in [2.45, 2.75) is 32.4 Å². The summed E-state index contributed by atoms with van der Waals surface area (Å²) in [6.45, 7) is 3.12. The van der Waals surface area contributed by atoms with Crippen molar-refractivity contribution >= 4 is 10.9 Å². The summed E-state index contributed by atoms with van der Waals surface area (Å²) in [6, 6.07) is 13.1. The molecule has 2 heterocycles. The lowest BCUT2D eigenvalue weighted by Gasteiger charge is -2.13. The van der Waals surface area contributed by atoms with Crippen molar-refractivity contribution in [1.29, 1.82) is 0 Å². The Bertz CT molecular complexity index is 655. The number of hydrogen-bond donors (Lipinski definition) is 2. The molecule has 3 aromatic rings. The van der Waals surface area contributed by atoms with Crippen molar-refractivity contribution in [3.63, 3.8) is 0 Å². The predicted molar refractivity (Wildman–Crippen MR) is 81.6 cm³/mol. The number of aryl methyl sites for hydroxylation is 1. The third kappa shape index (κ3) is 3.11. The highest BCUT2D eigenvalue weighted by Gasteiger charge is 2.04. The topological polar surface area (TPSA) is 41.0 Å². The summed E-state index contributed by atoms with van der Waals surface area (Å²) in [5, 5.41) is 4.83. The van der Waals surface area contributed by atoms with Crippen molar-refractivity contribution in [2.24, 2.45) is 0 Å². The van der Waals surface area contributed by atoms with Crippen molar-refractivity contribution in [3.05, 3.63) is 60.2 Å². The van der Waals surface area contributed by atoms with Crippen LogP contribution < -0.4 is 5.32 Å². The minimum Gasteiger partial charge on any atom is -0.469 e. The van der Waals surface area contributed by atoms with Crippen molar-refractivity contribution in [1.82, 2.24) is 10.3 Å². The first-order valence-corrected chi connectivity index (χ1v) is 7.13. The molecule has 2 N–H and O–H groups in total. The number of rotatable bonds is 6. The van der Waals surface area contributed by atoms with E-state index < -0.39 is 0 Å². The van der Waals surface area contributed by atoms with Crippen LogP contribution in [0.1, 0.15) is 24.7 Å². The number of H-pyrrole nitrogens is 1. The molecule has 104 valence electrons. The first-order chi connectivity index (χ1) is 9.81. The predicted octanol–water partition coefficient (Wildman–Crippen LogP) is 3.87. The summed E-state index contributed by atoms with van der Waals surface area (Å²) in [5.74, 6) is 1.06. The lowest BCUT2D eigenvalue weighted by atomic mass is 10.1. The molecule has 3 heteroatoms. The fourth-order valence-electron chi connectivity index (χ4n) is 2.41. The van der Waals surface area contributed by atoms with Crippen LogP contribution in [0.5, 0.6) is 0 Å². The fraction of sp³-hybridized carbons (Fsp3) is 0.294. The molecular formula is C17H20N2O. The van der Waals surface area contributed by atoms with Gasteiger partial charge in [0.05, 0.1) is 6.26 Å². The molecule has 3 nitrogen and oxygen atoms in total. The zero-order valence-corrected chi connectivity index (χ0v) is 11.7. The molecule has 20 heavy (non-hydrogen) atoms. The van der Waals surface area contributed by atoms with Gasteiger partial charge in [-0.25, -0.2) is 0 Å². The lowest BCUT2D eigenvalue weighted by Crippen LogP contribution is -2.25. The summed E-state index contributed by atoms with van der Waals surface area (Å²) in [5.41, 5.74) is 2.51. The van der Waals surface area contributed by atoms with Crippen LogP contribution in [0.25, 0.3) is 10.9 Å². The summed E-state index contributed by atoms with van der Waals surface area (Å²) in [6.07, 6.45) is 5.78. The highest BCUT2D eigenvalue weighted by molar-refractivity contribution is 5.79. The number of aromatic nitrogens is 1. The maximum absolute atomic E-state index is 5.35. The van der Waals surface area contributed by atoms with Gasteiger partial charge in [-0.2, -0.15) is 0 Å². The van der Waals surface area contributed by atoms with Gasteiger partial charge in [0.2, 0.25) is 0 Å². The van der Waals surface area contributed by atoms with Crippen LogP contribution in [-0.4, -0.2) is 11.0 Å². The van der Waals surface area contributed by atoms with E-state index in [0.29, 0.717) is 6.04 Å². The number of hydrogen-bond acceptors (Lipinski definition) is 2. The van der Waals surface area contributed by atoms with Crippen LogP contribution in [-0.2, 0) is 13.0 Å². The number of furan rings is 1. The van der Waals surface area contributed by atoms with E-state index in [1.807, 2.05) is 18.3 Å². The minimum atomic E-state index is 0.472. The van der Waals surface area contributed by atoms with Crippen LogP contribution in [0, 0.1) is 0 Å². The van der Waals surface area contributed by atoms with Gasteiger partial charge in [-0.05, 0) is 48.6 Å². The number of fused-ring (bicyclic) bond motifs is 1. The smallest absolute Gasteiger partial charge is 0.103 e. The monoisotopic (exact) mass is 268 g/mol. The Kier molecular flexibility index (Phi) is 3.88. The Morgan fingerprint density at radius 1 is 1.25 bits per heavy atom. The Labute approximate surface area is 119 Å². The highest BCUT2D eigenvalue weighted by Crippen LogP contribution is 2.14. The molecular weight excluding hydrogens is 248 g/mol. The molecule has 2 aromatic heterocycles. The molecule has 1 aromatic carbocycles. The van der Waals surface area contributed by atoms with E-state index in [9.17, 15) is 0 Å². The molecule has 0 aliphatic rings. The molecule has 0 saturated heterocycles. The van der Waals surface area contributed by atoms with Gasteiger partial charge in [-0.1, -0.05) is 12.1 Å². The van der Waals surface area contributed by atoms with Gasteiger partial charge in [0.25, 0.3) is 0 Å². The Balaban J connectivity index is 1.50. The summed E-state index contributed by atoms with van der Waals surface area (Å²) in [7, 11) is 0. The molecule has 1 atom stereocenters. The van der Waals surface area contributed by atoms with E-state index >= 15 is 0 Å². The third-order valence-electron chi connectivity index (χ3n) is 3.68. The van der Waals surface area contributed by atoms with Crippen molar-refractivity contribution in [2.75, 3.05) is 0 Å². The van der Waals surface area contributed by atoms with Gasteiger partial charge in [-0.3, -0.25) is 0 Å². The SMILES string of the molecule is CC(CCc1ccco1)NCc1ccc2cc[nH]c2c1. The second kappa shape index (κ2) is 5.97. The highest BCUT2D eigenvalue weighted by atomic mass is 16.3. The quantitative estimate of drug-likeness (QED) is 0.712. The van der Waals surface area contributed by atoms with Crippen molar-refractivity contribution in [3.8, 4) is 0 Å². The molecule has 0 radical (unpaired) electrons. The van der Waals surface area contributed by atoms with Gasteiger partial charge < -0.3 is 14.7 Å². The van der Waals surface area contributed by atoms with Crippen LogP contribution >= 0.6 is 0 Å². The van der Waals surface area contributed by atoms with Gasteiger partial charge in [-0.15, -0.1) is 0 Å². The van der Waals surface area contributed by atoms with Crippen LogP contribution in [0.2, 0.25) is 0 Å². The molecule has 0 amide bonds. The average Bonchev–Trinajstić information content (AvgIpc) is 3.13. The Morgan fingerprint density at radius 2 is 2.20 bits per heavy atom. The van der Waals surface area contributed by atoms with Gasteiger partial charge in [0.1, 0.15) is 5.76 Å². The molecule has 0 fully saturated rings. The fourth-order valence-corrected chi connectivity index (χ4v) is 2.41. The maximum atomic E-state index is 5.35. The van der Waals surface area contributed by atoms with E-state index in [1.54, 1.807) is 6.26 Å². The standard InChI is InChI=1S/C17H20N2O/c1-13(4-7-16-3-2-10-20-16)19-12-14-5-6-15-8-9-18-17(15)11-14/h2-3,5-6,8-11,13,18-19H,4,7,12H2,1H3. The van der Waals surface area contributed by atoms with Crippen LogP contribution in [0.4, 0.5) is 0 Å². The average molecular weight is 268 g/mol. The number of nitrogens with one attached hydrogen (secondary N) is 2. The summed E-state index contributed by atoms with van der Waals surface area (Å²) >= 11 is 0. The van der Waals surface area contributed by atoms with E-state index in [0.717, 1.165) is 25.1 Å². The Hall–Kier alpha value is -2.00. The normalized spacial score (nSPS) is 12.8. The lowest BCUT2D eigenvalue weighted by molar-refractivity contribution is 0.460. The maximum Gasteiger partial charge on any atom is 0.103 e. The third-order valence-corrected chi connectivity index (χ3v) is 3.68. The summed E-state index contributed by atoms with van der Waals surface area (Å²) in [4.78, 5) is 3.25. The molecule has 0 bridgehead atoms. The van der Waals surface area contributed by atoms with Gasteiger partial charge in [0.15, 0.2) is 0 Å². The van der Waals surface area contributed by atoms with Gasteiger partial charge >= 0.3 is 0 Å². The van der Waals surface area contributed by atoms with Crippen LogP contribution in [0.15, 0.2) is 53.3 Å². The van der Waals surface area contributed by atoms with Crippen LogP contribution in [0.3, 0.4) is 0 Å². The molecule has 0 aliphatic carbocycles. The Morgan fingerprint density at radius 3 is 3.05 bits per heavy atom. The first kappa shape index (κ1) is 13.0. The summed E-state index contributed by atoms with van der Waals surface area (Å²) < 4.78 is 5.35. The number of benzene rings is 1. The number of aromatic amines is 1. The van der Waals surface area contributed by atoms with E-state index in [-0.39, 0.29) is 0 Å². The second-order valence-corrected chi connectivity index (χ2v) is 5.30. The molecule has 1 unspecified atom stereocenters. The van der Waals surface area contributed by atoms with E-state index in [2.05, 4.69) is 41.5 Å². The van der Waals surface area contributed by atoms with Gasteiger partial charge in [0, 0.05) is 30.7 Å². The minimum absolute atomic E-state index is 0.472. The molecule has 0 aliphatic heterocycles.